The Hall–Kier alpha value is -1.63. The van der Waals surface area contributed by atoms with Crippen molar-refractivity contribution in [3.63, 3.8) is 0 Å². The van der Waals surface area contributed by atoms with Crippen LogP contribution in [0.4, 0.5) is 0 Å². The number of hydrogen-bond acceptors (Lipinski definition) is 0. The summed E-state index contributed by atoms with van der Waals surface area (Å²) >= 11 is 0. The summed E-state index contributed by atoms with van der Waals surface area (Å²) in [6, 6.07) is 11.5. The van der Waals surface area contributed by atoms with Gasteiger partial charge < -0.3 is 0 Å². The zero-order valence-electron chi connectivity index (χ0n) is 14.4. The highest BCUT2D eigenvalue weighted by atomic mass is 14.9. The smallest absolute Gasteiger partial charge is 0.171 e. The monoisotopic (exact) mass is 296 g/mol. The first kappa shape index (κ1) is 16.7. The summed E-state index contributed by atoms with van der Waals surface area (Å²) in [4.78, 5) is 0. The Bertz CT molecular complexity index is 569. The van der Waals surface area contributed by atoms with Crippen LogP contribution in [0, 0.1) is 13.8 Å². The first-order valence-electron chi connectivity index (χ1n) is 8.73. The number of aromatic nitrogens is 1. The molecule has 2 rings (SSSR count). The van der Waals surface area contributed by atoms with E-state index >= 15 is 0 Å². The van der Waals surface area contributed by atoms with Crippen LogP contribution in [-0.4, -0.2) is 0 Å². The maximum Gasteiger partial charge on any atom is 0.171 e. The fraction of sp³-hybridized carbons (Fsp3) is 0.476. The number of benzene rings is 1. The summed E-state index contributed by atoms with van der Waals surface area (Å²) in [5, 5.41) is 0. The second kappa shape index (κ2) is 8.73. The van der Waals surface area contributed by atoms with Gasteiger partial charge in [-0.1, -0.05) is 37.6 Å². The van der Waals surface area contributed by atoms with E-state index < -0.39 is 0 Å². The Kier molecular flexibility index (Phi) is 6.64. The standard InChI is InChI=1S/C21H30N/c1-4-5-8-20-10-12-21(13-11-20)9-6-7-15-22-16-14-18(2)19(3)17-22/h10-14,16-17H,4-9,15H2,1-3H3/q+1. The minimum absolute atomic E-state index is 1.12. The Morgan fingerprint density at radius 1 is 0.773 bits per heavy atom. The number of hydrogen-bond donors (Lipinski definition) is 0. The molecule has 0 atom stereocenters. The van der Waals surface area contributed by atoms with Gasteiger partial charge >= 0.3 is 0 Å². The van der Waals surface area contributed by atoms with Gasteiger partial charge in [0.25, 0.3) is 0 Å². The molecular weight excluding hydrogens is 266 g/mol. The molecule has 0 spiro atoms. The minimum Gasteiger partial charge on any atom is -0.205 e. The lowest BCUT2D eigenvalue weighted by Crippen LogP contribution is -2.33. The van der Waals surface area contributed by atoms with Gasteiger partial charge in [-0.25, -0.2) is 4.57 Å². The average Bonchev–Trinajstić information content (AvgIpc) is 2.54. The first-order chi connectivity index (χ1) is 10.7. The van der Waals surface area contributed by atoms with Crippen molar-refractivity contribution in [2.24, 2.45) is 0 Å². The van der Waals surface area contributed by atoms with Crippen LogP contribution in [0.3, 0.4) is 0 Å². The highest BCUT2D eigenvalue weighted by Gasteiger charge is 2.03. The van der Waals surface area contributed by atoms with Gasteiger partial charge in [-0.05, 0) is 56.2 Å². The molecule has 1 nitrogen and oxygen atoms in total. The van der Waals surface area contributed by atoms with Gasteiger partial charge in [0.2, 0.25) is 0 Å². The van der Waals surface area contributed by atoms with Gasteiger partial charge in [0, 0.05) is 18.1 Å². The second-order valence-electron chi connectivity index (χ2n) is 6.43. The maximum absolute atomic E-state index is 2.32. The van der Waals surface area contributed by atoms with E-state index in [4.69, 9.17) is 0 Å². The fourth-order valence-electron chi connectivity index (χ4n) is 2.75. The molecule has 118 valence electrons. The highest BCUT2D eigenvalue weighted by Crippen LogP contribution is 2.10. The number of rotatable bonds is 8. The third-order valence-electron chi connectivity index (χ3n) is 4.47. The van der Waals surface area contributed by atoms with Crippen molar-refractivity contribution < 1.29 is 4.57 Å². The molecule has 0 aliphatic rings. The summed E-state index contributed by atoms with van der Waals surface area (Å²) in [6.07, 6.45) is 12.0. The van der Waals surface area contributed by atoms with Crippen LogP contribution < -0.4 is 4.57 Å². The van der Waals surface area contributed by atoms with Gasteiger partial charge in [0.1, 0.15) is 6.54 Å². The lowest BCUT2D eigenvalue weighted by atomic mass is 10.0. The number of pyridine rings is 1. The van der Waals surface area contributed by atoms with Crippen LogP contribution >= 0.6 is 0 Å². The summed E-state index contributed by atoms with van der Waals surface area (Å²) in [5.74, 6) is 0. The molecule has 0 saturated carbocycles. The minimum atomic E-state index is 1.12. The Morgan fingerprint density at radius 3 is 2.00 bits per heavy atom. The summed E-state index contributed by atoms with van der Waals surface area (Å²) in [5.41, 5.74) is 5.71. The molecule has 1 heteroatoms. The fourth-order valence-corrected chi connectivity index (χ4v) is 2.75. The Balaban J connectivity index is 1.73. The van der Waals surface area contributed by atoms with Gasteiger partial charge in [0.05, 0.1) is 0 Å². The lowest BCUT2D eigenvalue weighted by molar-refractivity contribution is -0.697. The van der Waals surface area contributed by atoms with Crippen LogP contribution in [-0.2, 0) is 19.4 Å². The quantitative estimate of drug-likeness (QED) is 0.479. The molecule has 0 radical (unpaired) electrons. The average molecular weight is 296 g/mol. The summed E-state index contributed by atoms with van der Waals surface area (Å²) < 4.78 is 2.32. The van der Waals surface area contributed by atoms with Crippen molar-refractivity contribution in [1.82, 2.24) is 0 Å². The summed E-state index contributed by atoms with van der Waals surface area (Å²) in [7, 11) is 0. The van der Waals surface area contributed by atoms with Crippen molar-refractivity contribution in [1.29, 1.82) is 0 Å². The van der Waals surface area contributed by atoms with Crippen molar-refractivity contribution in [3.05, 3.63) is 65.0 Å². The third kappa shape index (κ3) is 5.29. The van der Waals surface area contributed by atoms with Crippen molar-refractivity contribution in [3.8, 4) is 0 Å². The molecule has 0 saturated heterocycles. The van der Waals surface area contributed by atoms with E-state index in [1.807, 2.05) is 0 Å². The Labute approximate surface area is 136 Å². The molecule has 0 amide bonds. The summed E-state index contributed by atoms with van der Waals surface area (Å²) in [6.45, 7) is 7.73. The molecule has 1 aromatic heterocycles. The van der Waals surface area contributed by atoms with E-state index in [-0.39, 0.29) is 0 Å². The van der Waals surface area contributed by atoms with Gasteiger partial charge in [-0.2, -0.15) is 0 Å². The highest BCUT2D eigenvalue weighted by molar-refractivity contribution is 5.22. The molecule has 0 bridgehead atoms. The zero-order valence-corrected chi connectivity index (χ0v) is 14.4. The largest absolute Gasteiger partial charge is 0.205 e. The molecule has 0 unspecified atom stereocenters. The lowest BCUT2D eigenvalue weighted by Gasteiger charge is -2.04. The molecule has 1 heterocycles. The third-order valence-corrected chi connectivity index (χ3v) is 4.47. The molecule has 0 fully saturated rings. The van der Waals surface area contributed by atoms with Crippen LogP contribution in [0.2, 0.25) is 0 Å². The molecular formula is C21H30N+. The van der Waals surface area contributed by atoms with Crippen molar-refractivity contribution in [2.75, 3.05) is 0 Å². The van der Waals surface area contributed by atoms with Crippen molar-refractivity contribution in [2.45, 2.75) is 65.8 Å². The van der Waals surface area contributed by atoms with E-state index in [2.05, 4.69) is 68.1 Å². The van der Waals surface area contributed by atoms with E-state index in [1.165, 1.54) is 60.8 Å². The van der Waals surface area contributed by atoms with Crippen LogP contribution in [0.15, 0.2) is 42.7 Å². The van der Waals surface area contributed by atoms with E-state index in [0.29, 0.717) is 0 Å². The number of aryl methyl sites for hydroxylation is 5. The van der Waals surface area contributed by atoms with Crippen LogP contribution in [0.25, 0.3) is 0 Å². The Morgan fingerprint density at radius 2 is 1.41 bits per heavy atom. The van der Waals surface area contributed by atoms with E-state index in [9.17, 15) is 0 Å². The predicted octanol–water partition coefficient (Wildman–Crippen LogP) is 4.96. The molecule has 0 aliphatic carbocycles. The van der Waals surface area contributed by atoms with E-state index in [1.54, 1.807) is 0 Å². The predicted molar refractivity (Wildman–Crippen MR) is 94.1 cm³/mol. The SMILES string of the molecule is CCCCc1ccc(CCCC[n+]2ccc(C)c(C)c2)cc1. The van der Waals surface area contributed by atoms with Crippen LogP contribution in [0.1, 0.15) is 54.9 Å². The topological polar surface area (TPSA) is 3.88 Å². The van der Waals surface area contributed by atoms with Crippen molar-refractivity contribution >= 4 is 0 Å². The zero-order chi connectivity index (χ0) is 15.8. The maximum atomic E-state index is 2.32. The molecule has 0 aliphatic heterocycles. The molecule has 22 heavy (non-hydrogen) atoms. The van der Waals surface area contributed by atoms with Gasteiger partial charge in [-0.15, -0.1) is 0 Å². The molecule has 0 N–H and O–H groups in total. The number of nitrogens with zero attached hydrogens (tertiary/aromatic N) is 1. The second-order valence-corrected chi connectivity index (χ2v) is 6.43. The van der Waals surface area contributed by atoms with Gasteiger partial charge in [-0.3, -0.25) is 0 Å². The normalized spacial score (nSPS) is 10.9. The number of unbranched alkanes of at least 4 members (excludes halogenated alkanes) is 2. The van der Waals surface area contributed by atoms with Crippen LogP contribution in [0.5, 0.6) is 0 Å². The van der Waals surface area contributed by atoms with E-state index in [0.717, 1.165) is 6.54 Å². The molecule has 2 aromatic rings. The molecule has 1 aromatic carbocycles. The first-order valence-corrected chi connectivity index (χ1v) is 8.73. The van der Waals surface area contributed by atoms with Gasteiger partial charge in [0.15, 0.2) is 12.4 Å².